The van der Waals surface area contributed by atoms with Crippen molar-refractivity contribution in [1.29, 1.82) is 0 Å². The third-order valence-corrected chi connectivity index (χ3v) is 8.33. The molecule has 31 heavy (non-hydrogen) atoms. The molecule has 2 aromatic rings. The first kappa shape index (κ1) is 19.5. The molecule has 3 fully saturated rings. The highest BCUT2D eigenvalue weighted by Crippen LogP contribution is 2.61. The number of amides is 3. The molecule has 0 saturated carbocycles. The number of rotatable bonds is 1. The number of carbonyl (C=O) groups is 3. The number of nitrogens with one attached hydrogen (secondary N) is 1. The molecule has 4 heterocycles. The van der Waals surface area contributed by atoms with Crippen LogP contribution in [-0.4, -0.2) is 35.2 Å². The fraction of sp³-hybridized carbons (Fsp3) is 0.348. The van der Waals surface area contributed by atoms with Crippen molar-refractivity contribution in [2.75, 3.05) is 16.8 Å². The highest BCUT2D eigenvalue weighted by atomic mass is 79.9. The summed E-state index contributed by atoms with van der Waals surface area (Å²) in [5.41, 5.74) is 1.57. The summed E-state index contributed by atoms with van der Waals surface area (Å²) in [5.74, 6) is -2.05. The molecule has 0 radical (unpaired) electrons. The topological polar surface area (TPSA) is 69.7 Å². The summed E-state index contributed by atoms with van der Waals surface area (Å²) in [7, 11) is 0. The fourth-order valence-electron chi connectivity index (χ4n) is 6.26. The second-order valence-corrected chi connectivity index (χ2v) is 10.0. The van der Waals surface area contributed by atoms with Crippen LogP contribution in [0.1, 0.15) is 24.0 Å². The summed E-state index contributed by atoms with van der Waals surface area (Å²) < 4.78 is 0.786. The maximum Gasteiger partial charge on any atom is 0.250 e. The van der Waals surface area contributed by atoms with Gasteiger partial charge in [0.25, 0.3) is 0 Å². The summed E-state index contributed by atoms with van der Waals surface area (Å²) in [4.78, 5) is 44.6. The number of hydrogen-bond donors (Lipinski definition) is 1. The molecular weight excluding hydrogens is 482 g/mol. The van der Waals surface area contributed by atoms with Crippen LogP contribution < -0.4 is 10.2 Å². The normalized spacial score (nSPS) is 31.4. The van der Waals surface area contributed by atoms with E-state index in [1.54, 1.807) is 24.3 Å². The number of nitrogens with zero attached hydrogens (tertiary/aromatic N) is 2. The van der Waals surface area contributed by atoms with Gasteiger partial charge in [-0.05, 0) is 56.1 Å². The van der Waals surface area contributed by atoms with Gasteiger partial charge in [-0.3, -0.25) is 19.3 Å². The van der Waals surface area contributed by atoms with Crippen LogP contribution in [0.25, 0.3) is 0 Å². The van der Waals surface area contributed by atoms with Crippen LogP contribution in [0, 0.1) is 18.8 Å². The fourth-order valence-corrected chi connectivity index (χ4v) is 6.80. The van der Waals surface area contributed by atoms with Crippen molar-refractivity contribution in [2.24, 2.45) is 11.8 Å². The summed E-state index contributed by atoms with van der Waals surface area (Å²) in [6.07, 6.45) is 1.69. The van der Waals surface area contributed by atoms with E-state index in [-0.39, 0.29) is 23.8 Å². The van der Waals surface area contributed by atoms with Gasteiger partial charge in [-0.25, -0.2) is 4.90 Å². The molecule has 6 nitrogen and oxygen atoms in total. The second-order valence-electron chi connectivity index (χ2n) is 8.71. The van der Waals surface area contributed by atoms with E-state index in [2.05, 4.69) is 26.1 Å². The highest BCUT2D eigenvalue weighted by Gasteiger charge is 2.74. The van der Waals surface area contributed by atoms with Crippen molar-refractivity contribution in [1.82, 2.24) is 4.90 Å². The quantitative estimate of drug-likeness (QED) is 0.604. The Morgan fingerprint density at radius 2 is 1.97 bits per heavy atom. The van der Waals surface area contributed by atoms with E-state index in [1.165, 1.54) is 4.90 Å². The van der Waals surface area contributed by atoms with Crippen LogP contribution in [0.4, 0.5) is 11.4 Å². The zero-order valence-electron chi connectivity index (χ0n) is 16.7. The van der Waals surface area contributed by atoms with Gasteiger partial charge < -0.3 is 5.32 Å². The second kappa shape index (κ2) is 6.40. The van der Waals surface area contributed by atoms with E-state index in [0.29, 0.717) is 22.9 Å². The minimum atomic E-state index is -1.18. The van der Waals surface area contributed by atoms with Crippen LogP contribution in [-0.2, 0) is 19.9 Å². The van der Waals surface area contributed by atoms with Crippen LogP contribution in [0.15, 0.2) is 40.9 Å². The van der Waals surface area contributed by atoms with Crippen molar-refractivity contribution >= 4 is 56.6 Å². The molecule has 0 aromatic heterocycles. The third kappa shape index (κ3) is 2.24. The first-order valence-electron chi connectivity index (χ1n) is 10.4. The Morgan fingerprint density at radius 3 is 2.74 bits per heavy atom. The number of halogens is 2. The molecule has 0 unspecified atom stereocenters. The first-order chi connectivity index (χ1) is 14.9. The summed E-state index contributed by atoms with van der Waals surface area (Å²) >= 11 is 9.76. The average Bonchev–Trinajstić information content (AvgIpc) is 3.43. The molecule has 1 spiro atoms. The first-order valence-corrected chi connectivity index (χ1v) is 11.6. The lowest BCUT2D eigenvalue weighted by molar-refractivity contribution is -0.135. The van der Waals surface area contributed by atoms with Gasteiger partial charge in [-0.2, -0.15) is 0 Å². The lowest BCUT2D eigenvalue weighted by Gasteiger charge is -2.36. The SMILES string of the molecule is Cc1c(Cl)ccc2c1NC(=O)[C@@]21[C@@H]2C(=O)N(c3cccc(Br)c3)C(=O)[C@H]2[C@H]2CCCN21. The number of imide groups is 1. The minimum Gasteiger partial charge on any atom is -0.324 e. The van der Waals surface area contributed by atoms with Crippen molar-refractivity contribution in [2.45, 2.75) is 31.3 Å². The molecule has 3 saturated heterocycles. The predicted molar refractivity (Wildman–Crippen MR) is 120 cm³/mol. The van der Waals surface area contributed by atoms with Crippen LogP contribution in [0.2, 0.25) is 5.02 Å². The van der Waals surface area contributed by atoms with Gasteiger partial charge >= 0.3 is 0 Å². The summed E-state index contributed by atoms with van der Waals surface area (Å²) in [6, 6.07) is 10.7. The number of anilines is 2. The Bertz CT molecular complexity index is 1200. The van der Waals surface area contributed by atoms with Crippen molar-refractivity contribution in [3.8, 4) is 0 Å². The molecule has 0 bridgehead atoms. The van der Waals surface area contributed by atoms with E-state index in [0.717, 1.165) is 28.4 Å². The standard InChI is InChI=1S/C23H19BrClN3O3/c1-11-15(25)8-7-14-19(11)26-22(31)23(14)18-17(16-6-3-9-27(16)23)20(29)28(21(18)30)13-5-2-4-12(24)10-13/h2,4-5,7-8,10,16-18H,3,6,9H2,1H3,(H,26,31)/t16-,17+,18+,23+/m1/s1. The Hall–Kier alpha value is -2.22. The molecule has 6 rings (SSSR count). The van der Waals surface area contributed by atoms with E-state index < -0.39 is 17.4 Å². The molecule has 4 aliphatic rings. The van der Waals surface area contributed by atoms with Crippen molar-refractivity contribution in [3.63, 3.8) is 0 Å². The molecule has 4 atom stereocenters. The number of hydrogen-bond acceptors (Lipinski definition) is 4. The smallest absolute Gasteiger partial charge is 0.250 e. The predicted octanol–water partition coefficient (Wildman–Crippen LogP) is 3.84. The van der Waals surface area contributed by atoms with E-state index in [9.17, 15) is 14.4 Å². The van der Waals surface area contributed by atoms with Gasteiger partial charge in [0.05, 0.1) is 23.2 Å². The number of carbonyl (C=O) groups excluding carboxylic acids is 3. The van der Waals surface area contributed by atoms with Gasteiger partial charge in [-0.1, -0.05) is 39.7 Å². The molecule has 158 valence electrons. The van der Waals surface area contributed by atoms with Gasteiger partial charge in [0.15, 0.2) is 0 Å². The van der Waals surface area contributed by atoms with Gasteiger partial charge in [-0.15, -0.1) is 0 Å². The molecule has 3 amide bonds. The van der Waals surface area contributed by atoms with Gasteiger partial charge in [0.2, 0.25) is 17.7 Å². The molecule has 8 heteroatoms. The average molecular weight is 501 g/mol. The molecule has 4 aliphatic heterocycles. The Kier molecular flexibility index (Phi) is 4.02. The van der Waals surface area contributed by atoms with Gasteiger partial charge in [0, 0.05) is 21.1 Å². The maximum absolute atomic E-state index is 13.9. The Labute approximate surface area is 192 Å². The number of fused-ring (bicyclic) bond motifs is 7. The summed E-state index contributed by atoms with van der Waals surface area (Å²) in [5, 5.41) is 3.57. The third-order valence-electron chi connectivity index (χ3n) is 7.43. The maximum atomic E-state index is 13.9. The highest BCUT2D eigenvalue weighted by molar-refractivity contribution is 9.10. The molecule has 0 aliphatic carbocycles. The molecule has 1 N–H and O–H groups in total. The lowest BCUT2D eigenvalue weighted by Crippen LogP contribution is -2.54. The lowest BCUT2D eigenvalue weighted by atomic mass is 9.75. The van der Waals surface area contributed by atoms with Crippen LogP contribution in [0.5, 0.6) is 0 Å². The summed E-state index contributed by atoms with van der Waals surface area (Å²) in [6.45, 7) is 2.55. The monoisotopic (exact) mass is 499 g/mol. The largest absolute Gasteiger partial charge is 0.324 e. The van der Waals surface area contributed by atoms with Crippen LogP contribution >= 0.6 is 27.5 Å². The van der Waals surface area contributed by atoms with Gasteiger partial charge in [0.1, 0.15) is 5.54 Å². The van der Waals surface area contributed by atoms with E-state index >= 15 is 0 Å². The van der Waals surface area contributed by atoms with E-state index in [4.69, 9.17) is 11.6 Å². The number of benzene rings is 2. The van der Waals surface area contributed by atoms with Crippen molar-refractivity contribution < 1.29 is 14.4 Å². The zero-order valence-corrected chi connectivity index (χ0v) is 19.0. The van der Waals surface area contributed by atoms with Crippen molar-refractivity contribution in [3.05, 3.63) is 57.0 Å². The Morgan fingerprint density at radius 1 is 1.16 bits per heavy atom. The molecule has 2 aromatic carbocycles. The Balaban J connectivity index is 1.57. The zero-order chi connectivity index (χ0) is 21.7. The van der Waals surface area contributed by atoms with E-state index in [1.807, 2.05) is 19.1 Å². The van der Waals surface area contributed by atoms with Crippen LogP contribution in [0.3, 0.4) is 0 Å². The molecular formula is C23H19BrClN3O3. The minimum absolute atomic E-state index is 0.133.